The smallest absolute Gasteiger partial charge is 0.320 e. The monoisotopic (exact) mass is 285 g/mol. The maximum atomic E-state index is 10.6. The normalized spacial score (nSPS) is 11.8. The Kier molecular flexibility index (Phi) is 4.47. The molecule has 0 amide bonds. The van der Waals surface area contributed by atoms with E-state index in [-0.39, 0.29) is 18.8 Å². The molecule has 0 bridgehead atoms. The van der Waals surface area contributed by atoms with Gasteiger partial charge in [0.05, 0.1) is 11.0 Å². The van der Waals surface area contributed by atoms with Gasteiger partial charge < -0.3 is 21.1 Å². The number of aromatic nitrogens is 2. The Balaban J connectivity index is 0.00000180. The number of hydrogen-bond acceptors (Lipinski definition) is 6. The first-order valence-electron chi connectivity index (χ1n) is 5.14. The number of halogens is 1. The van der Waals surface area contributed by atoms with Crippen molar-refractivity contribution in [2.45, 2.75) is 12.5 Å². The number of carbonyl (C=O) groups is 1. The number of hydrogen-bond donors (Lipinski definition) is 4. The summed E-state index contributed by atoms with van der Waals surface area (Å²) in [4.78, 5) is 18.1. The highest BCUT2D eigenvalue weighted by atomic mass is 35.5. The highest BCUT2D eigenvalue weighted by Gasteiger charge is 2.13. The molecule has 102 valence electrons. The molecular weight excluding hydrogens is 274 g/mol. The van der Waals surface area contributed by atoms with Gasteiger partial charge in [-0.1, -0.05) is 6.07 Å². The molecule has 0 fully saturated rings. The summed E-state index contributed by atoms with van der Waals surface area (Å²) in [5.41, 5.74) is 6.85. The van der Waals surface area contributed by atoms with E-state index in [1.165, 1.54) is 0 Å². The van der Waals surface area contributed by atoms with E-state index in [2.05, 4.69) is 9.97 Å². The fourth-order valence-corrected chi connectivity index (χ4v) is 1.55. The van der Waals surface area contributed by atoms with Crippen molar-refractivity contribution >= 4 is 29.4 Å². The molecule has 1 aromatic heterocycles. The lowest BCUT2D eigenvalue weighted by atomic mass is 10.1. The van der Waals surface area contributed by atoms with E-state index in [4.69, 9.17) is 10.8 Å². The minimum Gasteiger partial charge on any atom is -0.489 e. The molecule has 0 aliphatic carbocycles. The summed E-state index contributed by atoms with van der Waals surface area (Å²) in [6.45, 7) is 0. The molecule has 0 unspecified atom stereocenters. The quantitative estimate of drug-likeness (QED) is 0.643. The van der Waals surface area contributed by atoms with Crippen LogP contribution in [0.5, 0.6) is 11.8 Å². The first-order chi connectivity index (χ1) is 8.47. The number of aromatic hydroxyl groups is 2. The van der Waals surface area contributed by atoms with Gasteiger partial charge in [-0.3, -0.25) is 4.79 Å². The predicted octanol–water partition coefficient (Wildman–Crippen LogP) is 0.417. The Morgan fingerprint density at radius 1 is 1.21 bits per heavy atom. The third kappa shape index (κ3) is 3.21. The highest BCUT2D eigenvalue weighted by molar-refractivity contribution is 5.85. The average Bonchev–Trinajstić information content (AvgIpc) is 2.31. The number of aliphatic carboxylic acids is 1. The van der Waals surface area contributed by atoms with E-state index in [0.29, 0.717) is 16.6 Å². The molecule has 19 heavy (non-hydrogen) atoms. The molecular formula is C11H12ClN3O4. The molecule has 0 radical (unpaired) electrons. The maximum Gasteiger partial charge on any atom is 0.320 e. The standard InChI is InChI=1S/C11H11N3O4.ClH/c12-6(11(17)18)3-5-1-2-7-8(4-5)14-10(16)9(15)13-7;/h1-2,4,6H,3,12H2,(H,13,15)(H,14,16)(H,17,18);1H/t6-;/m0./s1. The van der Waals surface area contributed by atoms with Crippen molar-refractivity contribution in [3.05, 3.63) is 23.8 Å². The van der Waals surface area contributed by atoms with E-state index < -0.39 is 23.8 Å². The second-order valence-corrected chi connectivity index (χ2v) is 3.84. The van der Waals surface area contributed by atoms with Crippen LogP contribution in [0.4, 0.5) is 0 Å². The zero-order valence-corrected chi connectivity index (χ0v) is 10.5. The van der Waals surface area contributed by atoms with Gasteiger partial charge in [-0.15, -0.1) is 12.4 Å². The first kappa shape index (κ1) is 14.9. The highest BCUT2D eigenvalue weighted by Crippen LogP contribution is 2.23. The lowest BCUT2D eigenvalue weighted by molar-refractivity contribution is -0.138. The summed E-state index contributed by atoms with van der Waals surface area (Å²) in [5, 5.41) is 27.1. The van der Waals surface area contributed by atoms with Gasteiger partial charge in [-0.25, -0.2) is 9.97 Å². The van der Waals surface area contributed by atoms with Crippen molar-refractivity contribution in [1.29, 1.82) is 0 Å². The van der Waals surface area contributed by atoms with Gasteiger partial charge in [0.15, 0.2) is 0 Å². The van der Waals surface area contributed by atoms with E-state index in [1.807, 2.05) is 0 Å². The van der Waals surface area contributed by atoms with Gasteiger partial charge in [0, 0.05) is 0 Å². The summed E-state index contributed by atoms with van der Waals surface area (Å²) < 4.78 is 0. The van der Waals surface area contributed by atoms with Crippen molar-refractivity contribution in [1.82, 2.24) is 9.97 Å². The second kappa shape index (κ2) is 5.68. The fraction of sp³-hybridized carbons (Fsp3) is 0.182. The zero-order valence-electron chi connectivity index (χ0n) is 9.65. The van der Waals surface area contributed by atoms with Gasteiger partial charge in [-0.05, 0) is 24.1 Å². The number of carboxylic acid groups (broad SMARTS) is 1. The summed E-state index contributed by atoms with van der Waals surface area (Å²) in [7, 11) is 0. The molecule has 2 rings (SSSR count). The van der Waals surface area contributed by atoms with Crippen LogP contribution < -0.4 is 5.73 Å². The Morgan fingerprint density at radius 3 is 2.37 bits per heavy atom. The van der Waals surface area contributed by atoms with Crippen molar-refractivity contribution in [3.63, 3.8) is 0 Å². The van der Waals surface area contributed by atoms with Crippen LogP contribution in [0, 0.1) is 0 Å². The minimum atomic E-state index is -1.09. The molecule has 5 N–H and O–H groups in total. The van der Waals surface area contributed by atoms with E-state index >= 15 is 0 Å². The van der Waals surface area contributed by atoms with Gasteiger partial charge in [-0.2, -0.15) is 0 Å². The maximum absolute atomic E-state index is 10.6. The Morgan fingerprint density at radius 2 is 1.79 bits per heavy atom. The molecule has 0 aliphatic heterocycles. The Hall–Kier alpha value is -2.12. The van der Waals surface area contributed by atoms with Crippen molar-refractivity contribution < 1.29 is 20.1 Å². The van der Waals surface area contributed by atoms with Gasteiger partial charge >= 0.3 is 5.97 Å². The van der Waals surface area contributed by atoms with Crippen LogP contribution in [0.25, 0.3) is 11.0 Å². The van der Waals surface area contributed by atoms with Gasteiger partial charge in [0.1, 0.15) is 6.04 Å². The molecule has 7 nitrogen and oxygen atoms in total. The number of benzene rings is 1. The van der Waals surface area contributed by atoms with Crippen LogP contribution in [-0.4, -0.2) is 37.3 Å². The number of rotatable bonds is 3. The average molecular weight is 286 g/mol. The first-order valence-corrected chi connectivity index (χ1v) is 5.14. The van der Waals surface area contributed by atoms with Crippen molar-refractivity contribution in [2.75, 3.05) is 0 Å². The topological polar surface area (TPSA) is 130 Å². The molecule has 2 aromatic rings. The fourth-order valence-electron chi connectivity index (χ4n) is 1.55. The largest absolute Gasteiger partial charge is 0.489 e. The van der Waals surface area contributed by atoms with Crippen LogP contribution in [0.15, 0.2) is 18.2 Å². The van der Waals surface area contributed by atoms with E-state index in [9.17, 15) is 15.0 Å². The molecule has 0 spiro atoms. The van der Waals surface area contributed by atoms with Crippen LogP contribution in [0.3, 0.4) is 0 Å². The van der Waals surface area contributed by atoms with Crippen LogP contribution in [0.1, 0.15) is 5.56 Å². The number of nitrogens with zero attached hydrogens (tertiary/aromatic N) is 2. The van der Waals surface area contributed by atoms with Crippen LogP contribution in [0.2, 0.25) is 0 Å². The molecule has 0 saturated carbocycles. The van der Waals surface area contributed by atoms with E-state index in [0.717, 1.165) is 0 Å². The summed E-state index contributed by atoms with van der Waals surface area (Å²) in [6, 6.07) is 3.80. The van der Waals surface area contributed by atoms with E-state index in [1.54, 1.807) is 18.2 Å². The summed E-state index contributed by atoms with van der Waals surface area (Å²) >= 11 is 0. The number of carboxylic acids is 1. The van der Waals surface area contributed by atoms with Crippen LogP contribution >= 0.6 is 12.4 Å². The van der Waals surface area contributed by atoms with Gasteiger partial charge in [0.25, 0.3) is 11.8 Å². The molecule has 1 atom stereocenters. The lowest BCUT2D eigenvalue weighted by Gasteiger charge is -2.07. The third-order valence-corrected chi connectivity index (χ3v) is 2.47. The number of nitrogens with two attached hydrogens (primary N) is 1. The third-order valence-electron chi connectivity index (χ3n) is 2.47. The van der Waals surface area contributed by atoms with Crippen molar-refractivity contribution in [3.8, 4) is 11.8 Å². The van der Waals surface area contributed by atoms with Crippen molar-refractivity contribution in [2.24, 2.45) is 5.73 Å². The molecule has 1 aromatic carbocycles. The minimum absolute atomic E-state index is 0. The van der Waals surface area contributed by atoms with Gasteiger partial charge in [0.2, 0.25) is 0 Å². The SMILES string of the molecule is Cl.N[C@@H](Cc1ccc2nc(O)c(O)nc2c1)C(=O)O. The predicted molar refractivity (Wildman–Crippen MR) is 69.4 cm³/mol. The summed E-state index contributed by atoms with van der Waals surface area (Å²) in [6.07, 6.45) is 0.147. The molecule has 1 heterocycles. The summed E-state index contributed by atoms with van der Waals surface area (Å²) in [5.74, 6) is -2.20. The van der Waals surface area contributed by atoms with Crippen LogP contribution in [-0.2, 0) is 11.2 Å². The molecule has 0 aliphatic rings. The Bertz CT molecular complexity index is 620. The Labute approximate surface area is 114 Å². The second-order valence-electron chi connectivity index (χ2n) is 3.84. The molecule has 0 saturated heterocycles. The molecule has 8 heteroatoms. The lowest BCUT2D eigenvalue weighted by Crippen LogP contribution is -2.32. The number of fused-ring (bicyclic) bond motifs is 1. The zero-order chi connectivity index (χ0) is 13.3.